The Morgan fingerprint density at radius 1 is 0.818 bits per heavy atom. The Morgan fingerprint density at radius 2 is 1.50 bits per heavy atom. The third-order valence-electron chi connectivity index (χ3n) is 3.68. The van der Waals surface area contributed by atoms with Crippen LogP contribution >= 0.6 is 0 Å². The maximum atomic E-state index is 13.2. The predicted octanol–water partition coefficient (Wildman–Crippen LogP) is 4.43. The van der Waals surface area contributed by atoms with E-state index in [0.717, 1.165) is 33.3 Å². The second-order valence-electron chi connectivity index (χ2n) is 5.09. The first kappa shape index (κ1) is 12.7. The highest BCUT2D eigenvalue weighted by Crippen LogP contribution is 2.26. The summed E-state index contributed by atoms with van der Waals surface area (Å²) >= 11 is 0. The number of hydrogen-bond acceptors (Lipinski definition) is 2. The van der Waals surface area contributed by atoms with Crippen molar-refractivity contribution < 1.29 is 4.39 Å². The van der Waals surface area contributed by atoms with E-state index in [2.05, 4.69) is 27.1 Å². The zero-order valence-corrected chi connectivity index (χ0v) is 11.6. The second kappa shape index (κ2) is 5.07. The monoisotopic (exact) mass is 289 g/mol. The van der Waals surface area contributed by atoms with Crippen LogP contribution in [0, 0.1) is 5.95 Å². The Bertz CT molecular complexity index is 928. The number of rotatable bonds is 2. The molecule has 1 N–H and O–H groups in total. The smallest absolute Gasteiger partial charge is 0.213 e. The highest BCUT2D eigenvalue weighted by molar-refractivity contribution is 5.85. The maximum Gasteiger partial charge on any atom is 0.213 e. The van der Waals surface area contributed by atoms with Crippen molar-refractivity contribution in [3.8, 4) is 22.4 Å². The molecule has 0 aliphatic carbocycles. The summed E-state index contributed by atoms with van der Waals surface area (Å²) in [5.41, 5.74) is 5.09. The van der Waals surface area contributed by atoms with Crippen molar-refractivity contribution in [2.24, 2.45) is 0 Å². The topological polar surface area (TPSA) is 41.6 Å². The molecular weight excluding hydrogens is 277 g/mol. The summed E-state index contributed by atoms with van der Waals surface area (Å²) in [6.45, 7) is 0. The summed E-state index contributed by atoms with van der Waals surface area (Å²) in [5.74, 6) is -0.467. The van der Waals surface area contributed by atoms with Gasteiger partial charge >= 0.3 is 0 Å². The van der Waals surface area contributed by atoms with E-state index in [-0.39, 0.29) is 0 Å². The first-order chi connectivity index (χ1) is 10.8. The molecule has 3 heterocycles. The molecule has 3 aromatic heterocycles. The summed E-state index contributed by atoms with van der Waals surface area (Å²) in [4.78, 5) is 10.9. The summed E-state index contributed by atoms with van der Waals surface area (Å²) in [7, 11) is 0. The molecule has 0 atom stereocenters. The van der Waals surface area contributed by atoms with Gasteiger partial charge in [0.15, 0.2) is 0 Å². The van der Waals surface area contributed by atoms with Crippen LogP contribution in [0.4, 0.5) is 4.39 Å². The number of nitrogens with one attached hydrogen (secondary N) is 1. The Morgan fingerprint density at radius 3 is 2.27 bits per heavy atom. The largest absolute Gasteiger partial charge is 0.353 e. The van der Waals surface area contributed by atoms with Crippen LogP contribution < -0.4 is 0 Å². The first-order valence-electron chi connectivity index (χ1n) is 6.95. The molecule has 0 aliphatic heterocycles. The molecule has 4 heteroatoms. The van der Waals surface area contributed by atoms with Gasteiger partial charge in [-0.3, -0.25) is 4.98 Å². The van der Waals surface area contributed by atoms with E-state index in [0.29, 0.717) is 0 Å². The van der Waals surface area contributed by atoms with E-state index >= 15 is 0 Å². The van der Waals surface area contributed by atoms with Crippen LogP contribution in [0.3, 0.4) is 0 Å². The number of nitrogens with zero attached hydrogens (tertiary/aromatic N) is 2. The minimum Gasteiger partial charge on any atom is -0.353 e. The molecule has 0 aliphatic rings. The van der Waals surface area contributed by atoms with E-state index in [1.165, 1.54) is 12.3 Å². The lowest BCUT2D eigenvalue weighted by atomic mass is 10.0. The fourth-order valence-electron chi connectivity index (χ4n) is 2.55. The quantitative estimate of drug-likeness (QED) is 0.555. The Balaban J connectivity index is 1.73. The Hall–Kier alpha value is -3.01. The number of pyridine rings is 2. The molecule has 0 fully saturated rings. The van der Waals surface area contributed by atoms with Crippen molar-refractivity contribution in [1.82, 2.24) is 15.0 Å². The van der Waals surface area contributed by atoms with Crippen molar-refractivity contribution in [3.63, 3.8) is 0 Å². The van der Waals surface area contributed by atoms with Crippen LogP contribution in [-0.4, -0.2) is 15.0 Å². The minimum absolute atomic E-state index is 0.467. The number of H-pyrrole nitrogens is 1. The van der Waals surface area contributed by atoms with E-state index < -0.39 is 5.95 Å². The van der Waals surface area contributed by atoms with Crippen molar-refractivity contribution in [2.45, 2.75) is 0 Å². The zero-order chi connectivity index (χ0) is 14.9. The van der Waals surface area contributed by atoms with Crippen LogP contribution in [0.5, 0.6) is 0 Å². The highest BCUT2D eigenvalue weighted by atomic mass is 19.1. The molecule has 0 saturated heterocycles. The molecule has 4 aromatic rings. The van der Waals surface area contributed by atoms with Crippen LogP contribution in [-0.2, 0) is 0 Å². The second-order valence-corrected chi connectivity index (χ2v) is 5.09. The fraction of sp³-hybridized carbons (Fsp3) is 0. The average Bonchev–Trinajstić information content (AvgIpc) is 2.99. The number of halogens is 1. The minimum atomic E-state index is -0.467. The summed E-state index contributed by atoms with van der Waals surface area (Å²) < 4.78 is 13.2. The summed E-state index contributed by atoms with van der Waals surface area (Å²) in [6.07, 6.45) is 5.07. The van der Waals surface area contributed by atoms with Gasteiger partial charge in [-0.1, -0.05) is 24.3 Å². The van der Waals surface area contributed by atoms with Crippen LogP contribution in [0.1, 0.15) is 0 Å². The lowest BCUT2D eigenvalue weighted by Crippen LogP contribution is -1.81. The number of benzene rings is 1. The third-order valence-corrected chi connectivity index (χ3v) is 3.68. The first-order valence-corrected chi connectivity index (χ1v) is 6.95. The molecule has 22 heavy (non-hydrogen) atoms. The fourth-order valence-corrected chi connectivity index (χ4v) is 2.55. The molecule has 106 valence electrons. The normalized spacial score (nSPS) is 11.0. The van der Waals surface area contributed by atoms with Gasteiger partial charge in [-0.2, -0.15) is 4.39 Å². The summed E-state index contributed by atoms with van der Waals surface area (Å²) in [6, 6.07) is 15.5. The van der Waals surface area contributed by atoms with E-state index in [1.54, 1.807) is 12.4 Å². The molecule has 0 bridgehead atoms. The van der Waals surface area contributed by atoms with Gasteiger partial charge in [-0.05, 0) is 34.9 Å². The summed E-state index contributed by atoms with van der Waals surface area (Å²) in [5, 5.41) is 0.820. The lowest BCUT2D eigenvalue weighted by molar-refractivity contribution is 0.586. The van der Waals surface area contributed by atoms with Gasteiger partial charge in [-0.25, -0.2) is 4.98 Å². The van der Waals surface area contributed by atoms with E-state index in [4.69, 9.17) is 0 Å². The SMILES string of the molecule is Fc1cc2cc(-c3ccc(-c4ccncc4)cc3)[nH]c2cn1. The van der Waals surface area contributed by atoms with Gasteiger partial charge in [0, 0.05) is 29.5 Å². The molecule has 3 nitrogen and oxygen atoms in total. The Labute approximate surface area is 126 Å². The predicted molar refractivity (Wildman–Crippen MR) is 84.7 cm³/mol. The van der Waals surface area contributed by atoms with Gasteiger partial charge in [0.1, 0.15) is 0 Å². The number of hydrogen-bond donors (Lipinski definition) is 1. The third kappa shape index (κ3) is 2.24. The molecule has 0 unspecified atom stereocenters. The molecule has 0 amide bonds. The highest BCUT2D eigenvalue weighted by Gasteiger charge is 2.05. The molecule has 4 rings (SSSR count). The van der Waals surface area contributed by atoms with Gasteiger partial charge in [0.2, 0.25) is 5.95 Å². The van der Waals surface area contributed by atoms with Crippen LogP contribution in [0.2, 0.25) is 0 Å². The van der Waals surface area contributed by atoms with Crippen LogP contribution in [0.15, 0.2) is 67.1 Å². The van der Waals surface area contributed by atoms with E-state index in [9.17, 15) is 4.39 Å². The zero-order valence-electron chi connectivity index (χ0n) is 11.6. The van der Waals surface area contributed by atoms with Gasteiger partial charge in [0.05, 0.1) is 11.7 Å². The van der Waals surface area contributed by atoms with Gasteiger partial charge in [-0.15, -0.1) is 0 Å². The lowest BCUT2D eigenvalue weighted by Gasteiger charge is -2.03. The molecule has 0 spiro atoms. The number of aromatic amines is 1. The number of aromatic nitrogens is 3. The molecular formula is C18H12FN3. The molecule has 0 radical (unpaired) electrons. The maximum absolute atomic E-state index is 13.2. The van der Waals surface area contributed by atoms with Gasteiger partial charge < -0.3 is 4.98 Å². The standard InChI is InChI=1S/C18H12FN3/c19-18-10-15-9-16(22-17(15)11-21-18)14-3-1-12(2-4-14)13-5-7-20-8-6-13/h1-11,22H. The molecule has 1 aromatic carbocycles. The van der Waals surface area contributed by atoms with Crippen molar-refractivity contribution in [3.05, 3.63) is 73.1 Å². The Kier molecular flexibility index (Phi) is 2.93. The van der Waals surface area contributed by atoms with Gasteiger partial charge in [0.25, 0.3) is 0 Å². The van der Waals surface area contributed by atoms with Crippen molar-refractivity contribution >= 4 is 10.9 Å². The molecule has 0 saturated carbocycles. The van der Waals surface area contributed by atoms with Crippen molar-refractivity contribution in [1.29, 1.82) is 0 Å². The average molecular weight is 289 g/mol. The van der Waals surface area contributed by atoms with Crippen molar-refractivity contribution in [2.75, 3.05) is 0 Å². The number of fused-ring (bicyclic) bond motifs is 1. The van der Waals surface area contributed by atoms with Crippen LogP contribution in [0.25, 0.3) is 33.3 Å². The van der Waals surface area contributed by atoms with E-state index in [1.807, 2.05) is 30.3 Å².